The molecule has 0 amide bonds. The first-order valence-corrected chi connectivity index (χ1v) is 8.30. The van der Waals surface area contributed by atoms with E-state index in [-0.39, 0.29) is 23.9 Å². The molecule has 0 saturated heterocycles. The molecule has 28 heavy (non-hydrogen) atoms. The van der Waals surface area contributed by atoms with Gasteiger partial charge in [-0.1, -0.05) is 24.3 Å². The Morgan fingerprint density at radius 3 is 2.79 bits per heavy atom. The Morgan fingerprint density at radius 2 is 1.96 bits per heavy atom. The third-order valence-electron chi connectivity index (χ3n) is 4.18. The van der Waals surface area contributed by atoms with E-state index in [9.17, 15) is 18.3 Å². The molecule has 0 spiro atoms. The molecule has 3 aromatic rings. The minimum atomic E-state index is -4.44. The average Bonchev–Trinajstić information content (AvgIpc) is 3.26. The Hall–Kier alpha value is -3.62. The van der Waals surface area contributed by atoms with Gasteiger partial charge in [0.1, 0.15) is 12.0 Å². The molecule has 142 valence electrons. The molecule has 0 radical (unpaired) electrons. The lowest BCUT2D eigenvalue weighted by Crippen LogP contribution is -2.12. The SMILES string of the molecule is Oc1nc(NCc2ccccc2C(F)(F)F)[nH]c1C=c1ccc2c(c1)N=CN=2. The van der Waals surface area contributed by atoms with Crippen LogP contribution in [0.25, 0.3) is 6.08 Å². The van der Waals surface area contributed by atoms with Crippen molar-refractivity contribution in [1.82, 2.24) is 9.97 Å². The third-order valence-corrected chi connectivity index (χ3v) is 4.18. The number of anilines is 1. The van der Waals surface area contributed by atoms with Crippen molar-refractivity contribution in [2.75, 3.05) is 5.32 Å². The Bertz CT molecular complexity index is 1180. The maximum Gasteiger partial charge on any atom is 0.416 e. The second kappa shape index (κ2) is 6.84. The largest absolute Gasteiger partial charge is 0.492 e. The molecule has 4 rings (SSSR count). The fourth-order valence-corrected chi connectivity index (χ4v) is 2.85. The van der Waals surface area contributed by atoms with Crippen molar-refractivity contribution in [3.8, 4) is 5.88 Å². The van der Waals surface area contributed by atoms with Gasteiger partial charge in [0.05, 0.1) is 16.6 Å². The van der Waals surface area contributed by atoms with Gasteiger partial charge in [0.25, 0.3) is 0 Å². The number of imidazole rings is 1. The van der Waals surface area contributed by atoms with E-state index >= 15 is 0 Å². The first kappa shape index (κ1) is 17.8. The summed E-state index contributed by atoms with van der Waals surface area (Å²) in [5.74, 6) is -0.102. The van der Waals surface area contributed by atoms with Crippen molar-refractivity contribution in [3.63, 3.8) is 0 Å². The zero-order valence-electron chi connectivity index (χ0n) is 14.3. The molecule has 9 heteroatoms. The van der Waals surface area contributed by atoms with Gasteiger partial charge in [0.2, 0.25) is 11.8 Å². The number of hydrogen-bond acceptors (Lipinski definition) is 5. The summed E-state index contributed by atoms with van der Waals surface area (Å²) < 4.78 is 39.2. The van der Waals surface area contributed by atoms with Crippen LogP contribution in [0.3, 0.4) is 0 Å². The number of aromatic nitrogens is 2. The summed E-state index contributed by atoms with van der Waals surface area (Å²) in [5.41, 5.74) is 0.408. The standard InChI is InChI=1S/C19H14F3N5O/c20-19(21,22)13-4-2-1-3-12(13)9-23-18-26-16(17(28)27-18)8-11-5-6-14-15(7-11)25-10-24-14/h1-8,10,28H,9H2,(H2,23,26,27). The molecule has 0 bridgehead atoms. The van der Waals surface area contributed by atoms with E-state index in [1.807, 2.05) is 6.07 Å². The summed E-state index contributed by atoms with van der Waals surface area (Å²) in [7, 11) is 0. The number of aliphatic imine (C=N–C) groups is 1. The van der Waals surface area contributed by atoms with Gasteiger partial charge in [-0.2, -0.15) is 18.2 Å². The molecule has 0 unspecified atom stereocenters. The van der Waals surface area contributed by atoms with E-state index < -0.39 is 11.7 Å². The van der Waals surface area contributed by atoms with Crippen LogP contribution in [0.2, 0.25) is 0 Å². The number of hydrogen-bond donors (Lipinski definition) is 3. The van der Waals surface area contributed by atoms with Gasteiger partial charge in [-0.25, -0.2) is 9.98 Å². The van der Waals surface area contributed by atoms with Crippen LogP contribution in [-0.4, -0.2) is 21.4 Å². The molecule has 6 nitrogen and oxygen atoms in total. The Labute approximate surface area is 156 Å². The van der Waals surface area contributed by atoms with Crippen LogP contribution < -0.4 is 15.9 Å². The zero-order valence-corrected chi connectivity index (χ0v) is 14.3. The number of H-pyrrole nitrogens is 1. The fraction of sp³-hybridized carbons (Fsp3) is 0.105. The first-order chi connectivity index (χ1) is 13.4. The van der Waals surface area contributed by atoms with Gasteiger partial charge >= 0.3 is 6.18 Å². The number of benzene rings is 2. The molecule has 0 aliphatic carbocycles. The van der Waals surface area contributed by atoms with Gasteiger partial charge in [-0.15, -0.1) is 0 Å². The average molecular weight is 385 g/mol. The summed E-state index contributed by atoms with van der Waals surface area (Å²) in [6.07, 6.45) is -1.32. The van der Waals surface area contributed by atoms with Crippen LogP contribution >= 0.6 is 0 Å². The summed E-state index contributed by atoms with van der Waals surface area (Å²) >= 11 is 0. The van der Waals surface area contributed by atoms with Gasteiger partial charge in [-0.05, 0) is 35.1 Å². The van der Waals surface area contributed by atoms with Gasteiger partial charge < -0.3 is 15.4 Å². The summed E-state index contributed by atoms with van der Waals surface area (Å²) in [4.78, 5) is 15.0. The van der Waals surface area contributed by atoms with E-state index in [1.54, 1.807) is 18.2 Å². The van der Waals surface area contributed by atoms with Gasteiger partial charge in [-0.3, -0.25) is 0 Å². The maximum absolute atomic E-state index is 13.1. The second-order valence-corrected chi connectivity index (χ2v) is 6.10. The van der Waals surface area contributed by atoms with Crippen LogP contribution in [0.1, 0.15) is 16.8 Å². The van der Waals surface area contributed by atoms with Crippen molar-refractivity contribution in [2.45, 2.75) is 12.7 Å². The predicted octanol–water partition coefficient (Wildman–Crippen LogP) is 2.87. The van der Waals surface area contributed by atoms with E-state index in [0.29, 0.717) is 5.69 Å². The zero-order chi connectivity index (χ0) is 19.7. The van der Waals surface area contributed by atoms with Crippen molar-refractivity contribution >= 4 is 24.1 Å². The van der Waals surface area contributed by atoms with Gasteiger partial charge in [0.15, 0.2) is 0 Å². The van der Waals surface area contributed by atoms with Crippen molar-refractivity contribution in [1.29, 1.82) is 0 Å². The topological polar surface area (TPSA) is 85.7 Å². The Kier molecular flexibility index (Phi) is 4.34. The smallest absolute Gasteiger partial charge is 0.416 e. The molecule has 0 fully saturated rings. The molecule has 1 aliphatic rings. The highest BCUT2D eigenvalue weighted by molar-refractivity contribution is 5.67. The molecule has 3 N–H and O–H groups in total. The maximum atomic E-state index is 13.1. The molecular formula is C19H14F3N5O. The van der Waals surface area contributed by atoms with Crippen LogP contribution in [-0.2, 0) is 12.7 Å². The number of nitrogens with zero attached hydrogens (tertiary/aromatic N) is 3. The minimum absolute atomic E-state index is 0.0802. The molecule has 0 atom stereocenters. The van der Waals surface area contributed by atoms with E-state index in [1.165, 1.54) is 24.5 Å². The molecule has 1 aliphatic heterocycles. The lowest BCUT2D eigenvalue weighted by atomic mass is 10.1. The van der Waals surface area contributed by atoms with E-state index in [2.05, 4.69) is 25.3 Å². The predicted molar refractivity (Wildman–Crippen MR) is 98.0 cm³/mol. The quantitative estimate of drug-likeness (QED) is 0.646. The Balaban J connectivity index is 1.56. The number of fused-ring (bicyclic) bond motifs is 1. The van der Waals surface area contributed by atoms with Crippen LogP contribution in [0.4, 0.5) is 24.8 Å². The van der Waals surface area contributed by atoms with Crippen LogP contribution in [0, 0.1) is 0 Å². The van der Waals surface area contributed by atoms with Crippen molar-refractivity contribution in [2.24, 2.45) is 9.98 Å². The van der Waals surface area contributed by atoms with Crippen molar-refractivity contribution in [3.05, 3.63) is 69.9 Å². The normalized spacial score (nSPS) is 13.5. The Morgan fingerprint density at radius 1 is 1.14 bits per heavy atom. The number of rotatable bonds is 4. The summed E-state index contributed by atoms with van der Waals surface area (Å²) in [6.45, 7) is -0.100. The number of halogens is 3. The van der Waals surface area contributed by atoms with Crippen LogP contribution in [0.5, 0.6) is 5.88 Å². The minimum Gasteiger partial charge on any atom is -0.492 e. The summed E-state index contributed by atoms with van der Waals surface area (Å²) in [5, 5.41) is 14.3. The lowest BCUT2D eigenvalue weighted by Gasteiger charge is -2.12. The molecule has 0 saturated carbocycles. The number of aromatic hydroxyl groups is 1. The number of nitrogens with one attached hydrogen (secondary N) is 2. The van der Waals surface area contributed by atoms with E-state index in [4.69, 9.17) is 0 Å². The highest BCUT2D eigenvalue weighted by Crippen LogP contribution is 2.32. The molecule has 2 aromatic carbocycles. The first-order valence-electron chi connectivity index (χ1n) is 8.30. The monoisotopic (exact) mass is 385 g/mol. The highest BCUT2D eigenvalue weighted by atomic mass is 19.4. The number of aromatic amines is 1. The molecular weight excluding hydrogens is 371 g/mol. The molecule has 1 aromatic heterocycles. The summed E-state index contributed by atoms with van der Waals surface area (Å²) in [6, 6.07) is 10.7. The fourth-order valence-electron chi connectivity index (χ4n) is 2.85. The van der Waals surface area contributed by atoms with E-state index in [0.717, 1.165) is 22.3 Å². The second-order valence-electron chi connectivity index (χ2n) is 6.10. The highest BCUT2D eigenvalue weighted by Gasteiger charge is 2.32. The number of alkyl halides is 3. The molecule has 2 heterocycles. The third kappa shape index (κ3) is 3.59. The van der Waals surface area contributed by atoms with Crippen LogP contribution in [0.15, 0.2) is 52.4 Å². The lowest BCUT2D eigenvalue weighted by molar-refractivity contribution is -0.138. The van der Waals surface area contributed by atoms with Gasteiger partial charge in [0, 0.05) is 6.54 Å². The van der Waals surface area contributed by atoms with Crippen molar-refractivity contribution < 1.29 is 18.3 Å².